The van der Waals surface area contributed by atoms with Crippen molar-refractivity contribution in [1.82, 2.24) is 4.57 Å². The van der Waals surface area contributed by atoms with Crippen LogP contribution in [0.25, 0.3) is 22.0 Å². The highest BCUT2D eigenvalue weighted by Gasteiger charge is 2.05. The van der Waals surface area contributed by atoms with Gasteiger partial charge in [-0.1, -0.05) is 64.0 Å². The van der Waals surface area contributed by atoms with Gasteiger partial charge in [0, 0.05) is 28.1 Å². The molecule has 0 aliphatic rings. The first-order valence-electron chi connectivity index (χ1n) is 8.09. The molecule has 2 heteroatoms. The second-order valence-corrected chi connectivity index (χ2v) is 7.13. The van der Waals surface area contributed by atoms with Gasteiger partial charge in [-0.15, -0.1) is 0 Å². The van der Waals surface area contributed by atoms with Crippen molar-refractivity contribution < 1.29 is 0 Å². The van der Waals surface area contributed by atoms with Crippen molar-refractivity contribution in [2.45, 2.75) is 13.5 Å². The van der Waals surface area contributed by atoms with Crippen LogP contribution in [-0.2, 0) is 6.54 Å². The van der Waals surface area contributed by atoms with Crippen LogP contribution in [0.3, 0.4) is 0 Å². The summed E-state index contributed by atoms with van der Waals surface area (Å²) in [4.78, 5) is 0. The van der Waals surface area contributed by atoms with Gasteiger partial charge in [0.15, 0.2) is 0 Å². The van der Waals surface area contributed by atoms with Crippen molar-refractivity contribution in [3.63, 3.8) is 0 Å². The van der Waals surface area contributed by atoms with E-state index in [1.54, 1.807) is 0 Å². The lowest BCUT2D eigenvalue weighted by atomic mass is 10.0. The molecule has 0 radical (unpaired) electrons. The normalized spacial score (nSPS) is 11.1. The summed E-state index contributed by atoms with van der Waals surface area (Å²) in [5, 5.41) is 1.28. The van der Waals surface area contributed by atoms with Crippen LogP contribution in [0.5, 0.6) is 0 Å². The molecule has 0 bridgehead atoms. The number of halogens is 1. The Hall–Kier alpha value is -2.32. The van der Waals surface area contributed by atoms with Crippen LogP contribution < -0.4 is 0 Å². The Morgan fingerprint density at radius 3 is 2.25 bits per heavy atom. The average Bonchev–Trinajstić information content (AvgIpc) is 3.00. The molecular formula is C22H18BrN. The largest absolute Gasteiger partial charge is 0.343 e. The Kier molecular flexibility index (Phi) is 3.99. The van der Waals surface area contributed by atoms with Crippen LogP contribution in [0, 0.1) is 6.92 Å². The van der Waals surface area contributed by atoms with E-state index < -0.39 is 0 Å². The third-order valence-corrected chi connectivity index (χ3v) is 4.95. The molecule has 0 atom stereocenters. The zero-order chi connectivity index (χ0) is 16.5. The van der Waals surface area contributed by atoms with Gasteiger partial charge in [-0.25, -0.2) is 0 Å². The molecule has 0 unspecified atom stereocenters. The van der Waals surface area contributed by atoms with E-state index in [0.717, 1.165) is 11.0 Å². The Labute approximate surface area is 150 Å². The zero-order valence-electron chi connectivity index (χ0n) is 13.5. The fourth-order valence-electron chi connectivity index (χ4n) is 3.05. The minimum atomic E-state index is 0.890. The van der Waals surface area contributed by atoms with Crippen molar-refractivity contribution in [3.8, 4) is 11.1 Å². The topological polar surface area (TPSA) is 4.93 Å². The van der Waals surface area contributed by atoms with Crippen molar-refractivity contribution in [1.29, 1.82) is 0 Å². The fourth-order valence-corrected chi connectivity index (χ4v) is 3.31. The van der Waals surface area contributed by atoms with Gasteiger partial charge >= 0.3 is 0 Å². The van der Waals surface area contributed by atoms with Crippen LogP contribution in [0.15, 0.2) is 83.5 Å². The SMILES string of the molecule is Cc1ccc(-c2ccc3c(ccn3Cc3ccc(Br)cc3)c2)cc1. The molecule has 118 valence electrons. The number of nitrogens with zero attached hydrogens (tertiary/aromatic N) is 1. The summed E-state index contributed by atoms with van der Waals surface area (Å²) in [6.07, 6.45) is 2.17. The molecule has 0 amide bonds. The summed E-state index contributed by atoms with van der Waals surface area (Å²) in [7, 11) is 0. The molecular weight excluding hydrogens is 358 g/mol. The smallest absolute Gasteiger partial charge is 0.0483 e. The van der Waals surface area contributed by atoms with Gasteiger partial charge in [0.1, 0.15) is 0 Å². The molecule has 0 aliphatic heterocycles. The fraction of sp³-hybridized carbons (Fsp3) is 0.0909. The Morgan fingerprint density at radius 1 is 0.792 bits per heavy atom. The third-order valence-electron chi connectivity index (χ3n) is 4.42. The van der Waals surface area contributed by atoms with E-state index in [9.17, 15) is 0 Å². The summed E-state index contributed by atoms with van der Waals surface area (Å²) in [6.45, 7) is 3.01. The van der Waals surface area contributed by atoms with Crippen LogP contribution in [0.2, 0.25) is 0 Å². The first-order chi connectivity index (χ1) is 11.7. The molecule has 4 aromatic rings. The highest BCUT2D eigenvalue weighted by molar-refractivity contribution is 9.10. The van der Waals surface area contributed by atoms with Gasteiger partial charge < -0.3 is 4.57 Å². The van der Waals surface area contributed by atoms with Gasteiger partial charge in [-0.3, -0.25) is 0 Å². The quantitative estimate of drug-likeness (QED) is 0.388. The lowest BCUT2D eigenvalue weighted by Gasteiger charge is -2.07. The summed E-state index contributed by atoms with van der Waals surface area (Å²) in [6, 6.07) is 26.1. The number of fused-ring (bicyclic) bond motifs is 1. The molecule has 24 heavy (non-hydrogen) atoms. The summed E-state index contributed by atoms with van der Waals surface area (Å²) < 4.78 is 3.42. The molecule has 3 aromatic carbocycles. The van der Waals surface area contributed by atoms with Crippen LogP contribution in [0.1, 0.15) is 11.1 Å². The number of benzene rings is 3. The highest BCUT2D eigenvalue weighted by atomic mass is 79.9. The van der Waals surface area contributed by atoms with E-state index in [2.05, 4.69) is 106 Å². The maximum atomic E-state index is 3.49. The van der Waals surface area contributed by atoms with Crippen molar-refractivity contribution in [2.75, 3.05) is 0 Å². The molecule has 1 nitrogen and oxygen atoms in total. The first kappa shape index (κ1) is 15.2. The molecule has 0 aliphatic carbocycles. The van der Waals surface area contributed by atoms with Crippen LogP contribution >= 0.6 is 15.9 Å². The van der Waals surface area contributed by atoms with Crippen LogP contribution in [-0.4, -0.2) is 4.57 Å². The Balaban J connectivity index is 1.67. The molecule has 0 spiro atoms. The van der Waals surface area contributed by atoms with E-state index in [4.69, 9.17) is 0 Å². The molecule has 1 aromatic heterocycles. The summed E-state index contributed by atoms with van der Waals surface area (Å²) in [5.41, 5.74) is 6.40. The number of aromatic nitrogens is 1. The van der Waals surface area contributed by atoms with Crippen molar-refractivity contribution in [2.24, 2.45) is 0 Å². The monoisotopic (exact) mass is 375 g/mol. The van der Waals surface area contributed by atoms with Gasteiger partial charge in [-0.2, -0.15) is 0 Å². The van der Waals surface area contributed by atoms with E-state index >= 15 is 0 Å². The number of hydrogen-bond acceptors (Lipinski definition) is 0. The number of rotatable bonds is 3. The maximum Gasteiger partial charge on any atom is 0.0483 e. The van der Waals surface area contributed by atoms with Crippen molar-refractivity contribution >= 4 is 26.8 Å². The van der Waals surface area contributed by atoms with Gasteiger partial charge in [-0.05, 0) is 53.9 Å². The van der Waals surface area contributed by atoms with Crippen molar-refractivity contribution in [3.05, 3.63) is 94.6 Å². The lowest BCUT2D eigenvalue weighted by molar-refractivity contribution is 0.837. The molecule has 1 heterocycles. The van der Waals surface area contributed by atoms with E-state index in [0.29, 0.717) is 0 Å². The van der Waals surface area contributed by atoms with Gasteiger partial charge in [0.2, 0.25) is 0 Å². The third kappa shape index (κ3) is 3.02. The highest BCUT2D eigenvalue weighted by Crippen LogP contribution is 2.26. The molecule has 4 rings (SSSR count). The predicted molar refractivity (Wildman–Crippen MR) is 105 cm³/mol. The van der Waals surface area contributed by atoms with Gasteiger partial charge in [0.05, 0.1) is 0 Å². The molecule has 0 saturated carbocycles. The second-order valence-electron chi connectivity index (χ2n) is 6.21. The van der Waals surface area contributed by atoms with Gasteiger partial charge in [0.25, 0.3) is 0 Å². The van der Waals surface area contributed by atoms with E-state index in [-0.39, 0.29) is 0 Å². The average molecular weight is 376 g/mol. The standard InChI is InChI=1S/C22H18BrN/c1-16-2-6-18(7-3-16)19-8-11-22-20(14-19)12-13-24(22)15-17-4-9-21(23)10-5-17/h2-14H,15H2,1H3. The number of aryl methyl sites for hydroxylation is 1. The van der Waals surface area contributed by atoms with E-state index in [1.165, 1.54) is 33.2 Å². The molecule has 0 fully saturated rings. The minimum Gasteiger partial charge on any atom is -0.343 e. The minimum absolute atomic E-state index is 0.890. The summed E-state index contributed by atoms with van der Waals surface area (Å²) in [5.74, 6) is 0. The van der Waals surface area contributed by atoms with Crippen LogP contribution in [0.4, 0.5) is 0 Å². The number of hydrogen-bond donors (Lipinski definition) is 0. The predicted octanol–water partition coefficient (Wildman–Crippen LogP) is 6.43. The Morgan fingerprint density at radius 2 is 1.50 bits per heavy atom. The molecule has 0 saturated heterocycles. The zero-order valence-corrected chi connectivity index (χ0v) is 15.1. The maximum absolute atomic E-state index is 3.49. The first-order valence-corrected chi connectivity index (χ1v) is 8.89. The second kappa shape index (κ2) is 6.29. The summed E-state index contributed by atoms with van der Waals surface area (Å²) >= 11 is 3.49. The lowest BCUT2D eigenvalue weighted by Crippen LogP contribution is -1.97. The Bertz CT molecular complexity index is 979. The van der Waals surface area contributed by atoms with E-state index in [1.807, 2.05) is 0 Å². The molecule has 0 N–H and O–H groups in total.